The molecule has 10 nitrogen and oxygen atoms in total. The lowest BCUT2D eigenvalue weighted by Gasteiger charge is -2.29. The van der Waals surface area contributed by atoms with Crippen molar-refractivity contribution in [3.05, 3.63) is 48.0 Å². The van der Waals surface area contributed by atoms with Crippen LogP contribution in [-0.2, 0) is 19.6 Å². The summed E-state index contributed by atoms with van der Waals surface area (Å²) >= 11 is 0. The van der Waals surface area contributed by atoms with Crippen molar-refractivity contribution in [1.82, 2.24) is 5.32 Å². The van der Waals surface area contributed by atoms with Gasteiger partial charge in [0.25, 0.3) is 5.91 Å². The van der Waals surface area contributed by atoms with Crippen molar-refractivity contribution in [3.63, 3.8) is 0 Å². The van der Waals surface area contributed by atoms with Crippen LogP contribution in [0.4, 0.5) is 17.1 Å². The number of para-hydroxylation sites is 1. The third-order valence-electron chi connectivity index (χ3n) is 5.79. The average Bonchev–Trinajstić information content (AvgIpc) is 2.93. The Morgan fingerprint density at radius 3 is 2.74 bits per heavy atom. The van der Waals surface area contributed by atoms with Crippen LogP contribution < -0.4 is 25.0 Å². The van der Waals surface area contributed by atoms with Gasteiger partial charge in [0.1, 0.15) is 11.8 Å². The van der Waals surface area contributed by atoms with E-state index in [0.717, 1.165) is 6.42 Å². The molecule has 1 atom stereocenters. The van der Waals surface area contributed by atoms with Crippen LogP contribution in [0.1, 0.15) is 36.0 Å². The number of nitrogens with one attached hydrogen (secondary N) is 3. The molecule has 0 aliphatic carbocycles. The molecule has 0 spiro atoms. The molecule has 34 heavy (non-hydrogen) atoms. The fourth-order valence-corrected chi connectivity index (χ4v) is 5.68. The first kappa shape index (κ1) is 23.6. The van der Waals surface area contributed by atoms with Crippen LogP contribution in [0.5, 0.6) is 5.75 Å². The highest BCUT2D eigenvalue weighted by Gasteiger charge is 2.29. The summed E-state index contributed by atoms with van der Waals surface area (Å²) in [6.07, 6.45) is 1.48. The van der Waals surface area contributed by atoms with Gasteiger partial charge in [-0.05, 0) is 43.5 Å². The number of anilines is 3. The van der Waals surface area contributed by atoms with Crippen molar-refractivity contribution < 1.29 is 27.5 Å². The van der Waals surface area contributed by atoms with E-state index in [9.17, 15) is 22.8 Å². The molecule has 4 rings (SSSR count). The molecule has 1 saturated heterocycles. The van der Waals surface area contributed by atoms with Gasteiger partial charge in [-0.2, -0.15) is 0 Å². The van der Waals surface area contributed by atoms with Gasteiger partial charge in [-0.3, -0.25) is 18.7 Å². The Bertz CT molecular complexity index is 1230. The van der Waals surface area contributed by atoms with Crippen LogP contribution in [0.3, 0.4) is 0 Å². The summed E-state index contributed by atoms with van der Waals surface area (Å²) in [5.74, 6) is -0.710. The Hall–Kier alpha value is -3.60. The van der Waals surface area contributed by atoms with Gasteiger partial charge in [0, 0.05) is 24.7 Å². The molecule has 2 aromatic carbocycles. The topological polar surface area (TPSA) is 134 Å². The average molecular weight is 487 g/mol. The van der Waals surface area contributed by atoms with Crippen molar-refractivity contribution in [1.29, 1.82) is 0 Å². The number of ether oxygens (including phenoxy) is 1. The smallest absolute Gasteiger partial charge is 0.254 e. The van der Waals surface area contributed by atoms with Crippen molar-refractivity contribution >= 4 is 44.8 Å². The highest BCUT2D eigenvalue weighted by atomic mass is 32.2. The van der Waals surface area contributed by atoms with Gasteiger partial charge in [0.15, 0.2) is 0 Å². The zero-order valence-electron chi connectivity index (χ0n) is 18.7. The summed E-state index contributed by atoms with van der Waals surface area (Å²) in [4.78, 5) is 37.4. The Morgan fingerprint density at radius 2 is 1.97 bits per heavy atom. The van der Waals surface area contributed by atoms with Gasteiger partial charge in [-0.25, -0.2) is 8.42 Å². The first-order valence-electron chi connectivity index (χ1n) is 11.0. The van der Waals surface area contributed by atoms with Crippen LogP contribution in [0.2, 0.25) is 0 Å². The molecular formula is C23H26N4O6S. The Morgan fingerprint density at radius 1 is 1.18 bits per heavy atom. The summed E-state index contributed by atoms with van der Waals surface area (Å²) in [6, 6.07) is 10.6. The van der Waals surface area contributed by atoms with Gasteiger partial charge >= 0.3 is 0 Å². The predicted octanol–water partition coefficient (Wildman–Crippen LogP) is 2.09. The zero-order chi connectivity index (χ0) is 24.3. The summed E-state index contributed by atoms with van der Waals surface area (Å²) in [5, 5.41) is 8.11. The molecule has 0 saturated carbocycles. The number of carbonyl (C=O) groups is 3. The lowest BCUT2D eigenvalue weighted by molar-refractivity contribution is -0.118. The molecule has 11 heteroatoms. The maximum absolute atomic E-state index is 12.5. The Balaban J connectivity index is 1.39. The molecule has 2 aliphatic rings. The summed E-state index contributed by atoms with van der Waals surface area (Å²) < 4.78 is 31.6. The Labute approximate surface area is 197 Å². The van der Waals surface area contributed by atoms with E-state index in [4.69, 9.17) is 4.74 Å². The minimum Gasteiger partial charge on any atom is -0.494 e. The summed E-state index contributed by atoms with van der Waals surface area (Å²) in [5.41, 5.74) is 1.66. The van der Waals surface area contributed by atoms with Crippen LogP contribution in [-0.4, -0.2) is 51.6 Å². The number of hydrogen-bond donors (Lipinski definition) is 3. The second-order valence-electron chi connectivity index (χ2n) is 8.13. The fraction of sp³-hybridized carbons (Fsp3) is 0.348. The summed E-state index contributed by atoms with van der Waals surface area (Å²) in [6.45, 7) is 0.378. The minimum absolute atomic E-state index is 0.0146. The summed E-state index contributed by atoms with van der Waals surface area (Å²) in [7, 11) is -1.97. The van der Waals surface area contributed by atoms with Gasteiger partial charge < -0.3 is 20.7 Å². The number of nitrogens with zero attached hydrogens (tertiary/aromatic N) is 1. The van der Waals surface area contributed by atoms with Gasteiger partial charge in [-0.15, -0.1) is 0 Å². The molecule has 1 unspecified atom stereocenters. The van der Waals surface area contributed by atoms with Crippen molar-refractivity contribution in [2.45, 2.75) is 31.7 Å². The molecule has 2 heterocycles. The molecule has 0 radical (unpaired) electrons. The first-order chi connectivity index (χ1) is 16.3. The van der Waals surface area contributed by atoms with E-state index in [-0.39, 0.29) is 36.3 Å². The number of sulfonamides is 1. The van der Waals surface area contributed by atoms with Crippen LogP contribution >= 0.6 is 0 Å². The molecular weight excluding hydrogens is 460 g/mol. The normalized spacial score (nSPS) is 19.3. The van der Waals surface area contributed by atoms with E-state index in [1.807, 2.05) is 0 Å². The molecule has 1 fully saturated rings. The molecule has 3 amide bonds. The highest BCUT2D eigenvalue weighted by molar-refractivity contribution is 7.92. The van der Waals surface area contributed by atoms with Gasteiger partial charge in [0.05, 0.1) is 29.8 Å². The monoisotopic (exact) mass is 486 g/mol. The van der Waals surface area contributed by atoms with E-state index >= 15 is 0 Å². The number of rotatable bonds is 6. The van der Waals surface area contributed by atoms with Gasteiger partial charge in [0.2, 0.25) is 21.8 Å². The maximum Gasteiger partial charge on any atom is 0.254 e. The quantitative estimate of drug-likeness (QED) is 0.573. The standard InChI is InChI=1S/C23H26N4O6S/c1-33-20-14-15(8-10-19(20)27-12-4-5-13-34(27,31)32)24-21(28)11-9-18-23(30)25-17-7-3-2-6-16(17)22(29)26-18/h2-3,6-8,10,14,18H,4-5,9,11-13H2,1H3,(H,24,28)(H,25,30)(H,26,29). The first-order valence-corrected chi connectivity index (χ1v) is 12.6. The molecule has 0 bridgehead atoms. The maximum atomic E-state index is 12.5. The Kier molecular flexibility index (Phi) is 6.73. The predicted molar refractivity (Wildman–Crippen MR) is 128 cm³/mol. The third-order valence-corrected chi connectivity index (χ3v) is 7.65. The molecule has 180 valence electrons. The number of amides is 3. The van der Waals surface area contributed by atoms with Crippen LogP contribution in [0, 0.1) is 0 Å². The van der Waals surface area contributed by atoms with Crippen molar-refractivity contribution in [2.24, 2.45) is 0 Å². The fourth-order valence-electron chi connectivity index (χ4n) is 4.03. The molecule has 2 aromatic rings. The van der Waals surface area contributed by atoms with E-state index < -0.39 is 16.1 Å². The van der Waals surface area contributed by atoms with Crippen LogP contribution in [0.15, 0.2) is 42.5 Å². The van der Waals surface area contributed by atoms with Gasteiger partial charge in [-0.1, -0.05) is 12.1 Å². The van der Waals surface area contributed by atoms with E-state index in [0.29, 0.717) is 41.3 Å². The minimum atomic E-state index is -3.41. The number of hydrogen-bond acceptors (Lipinski definition) is 6. The number of benzene rings is 2. The SMILES string of the molecule is COc1cc(NC(=O)CCC2NC(=O)c3ccccc3NC2=O)ccc1N1CCCCS1(=O)=O. The number of carbonyl (C=O) groups excluding carboxylic acids is 3. The molecule has 3 N–H and O–H groups in total. The lowest BCUT2D eigenvalue weighted by Crippen LogP contribution is -2.41. The number of fused-ring (bicyclic) bond motifs is 1. The van der Waals surface area contributed by atoms with E-state index in [1.54, 1.807) is 42.5 Å². The second kappa shape index (κ2) is 9.72. The third kappa shape index (κ3) is 4.98. The van der Waals surface area contributed by atoms with E-state index in [1.165, 1.54) is 11.4 Å². The zero-order valence-corrected chi connectivity index (χ0v) is 19.5. The molecule has 2 aliphatic heterocycles. The highest BCUT2D eigenvalue weighted by Crippen LogP contribution is 2.35. The van der Waals surface area contributed by atoms with Crippen LogP contribution in [0.25, 0.3) is 0 Å². The van der Waals surface area contributed by atoms with E-state index in [2.05, 4.69) is 16.0 Å². The largest absolute Gasteiger partial charge is 0.494 e. The second-order valence-corrected chi connectivity index (χ2v) is 10.1. The van der Waals surface area contributed by atoms with Crippen molar-refractivity contribution in [3.8, 4) is 5.75 Å². The van der Waals surface area contributed by atoms with Crippen molar-refractivity contribution in [2.75, 3.05) is 34.3 Å². The number of methoxy groups -OCH3 is 1. The molecule has 0 aromatic heterocycles. The lowest BCUT2D eigenvalue weighted by atomic mass is 10.1.